The molecule has 1 aromatic heterocycles. The highest BCUT2D eigenvalue weighted by Crippen LogP contribution is 2.31. The molecule has 146 valence electrons. The Labute approximate surface area is 154 Å². The Morgan fingerprint density at radius 2 is 1.70 bits per heavy atom. The molecule has 1 N–H and O–H groups in total. The molecule has 0 bridgehead atoms. The first-order valence-corrected chi connectivity index (χ1v) is 7.81. The van der Waals surface area contributed by atoms with E-state index in [2.05, 4.69) is 15.3 Å². The third kappa shape index (κ3) is 5.56. The van der Waals surface area contributed by atoms with E-state index >= 15 is 0 Å². The van der Waals surface area contributed by atoms with Gasteiger partial charge in [0.25, 0.3) is 0 Å². The van der Waals surface area contributed by atoms with Gasteiger partial charge in [-0.25, -0.2) is 9.97 Å². The van der Waals surface area contributed by atoms with Crippen LogP contribution in [-0.4, -0.2) is 15.9 Å². The van der Waals surface area contributed by atoms with Gasteiger partial charge >= 0.3 is 12.4 Å². The van der Waals surface area contributed by atoms with Crippen LogP contribution in [0.25, 0.3) is 0 Å². The lowest BCUT2D eigenvalue weighted by Gasteiger charge is -2.16. The standard InChI is InChI=1S/C16H12ClF6N3O/c1-8(9-2-4-11(5-3-9)15(18,19)20)25-12(27)6-10-7-24-14(17)26-13(10)16(21,22)23/h2-5,7-8H,6H2,1H3,(H,25,27). The summed E-state index contributed by atoms with van der Waals surface area (Å²) in [7, 11) is 0. The van der Waals surface area contributed by atoms with Crippen molar-refractivity contribution in [3.63, 3.8) is 0 Å². The summed E-state index contributed by atoms with van der Waals surface area (Å²) in [6.07, 6.45) is -9.17. The Balaban J connectivity index is 2.10. The third-order valence-electron chi connectivity index (χ3n) is 3.57. The highest BCUT2D eigenvalue weighted by molar-refractivity contribution is 6.28. The van der Waals surface area contributed by atoms with Crippen LogP contribution < -0.4 is 5.32 Å². The molecule has 1 heterocycles. The van der Waals surface area contributed by atoms with Gasteiger partial charge in [-0.3, -0.25) is 4.79 Å². The lowest BCUT2D eigenvalue weighted by atomic mass is 10.1. The fourth-order valence-corrected chi connectivity index (χ4v) is 2.40. The van der Waals surface area contributed by atoms with Crippen LogP contribution in [0.1, 0.15) is 35.3 Å². The molecule has 0 fully saturated rings. The fourth-order valence-electron chi connectivity index (χ4n) is 2.27. The Morgan fingerprint density at radius 3 is 2.22 bits per heavy atom. The lowest BCUT2D eigenvalue weighted by Crippen LogP contribution is -2.29. The Bertz CT molecular complexity index is 820. The normalized spacial score (nSPS) is 13.3. The molecule has 1 aromatic carbocycles. The molecule has 1 atom stereocenters. The van der Waals surface area contributed by atoms with E-state index in [1.807, 2.05) is 0 Å². The lowest BCUT2D eigenvalue weighted by molar-refractivity contribution is -0.142. The van der Waals surface area contributed by atoms with E-state index in [1.54, 1.807) is 0 Å². The van der Waals surface area contributed by atoms with Crippen molar-refractivity contribution in [3.05, 3.63) is 58.1 Å². The van der Waals surface area contributed by atoms with Gasteiger partial charge in [0, 0.05) is 11.8 Å². The van der Waals surface area contributed by atoms with Crippen LogP contribution in [-0.2, 0) is 23.6 Å². The maximum atomic E-state index is 13.0. The summed E-state index contributed by atoms with van der Waals surface area (Å²) < 4.78 is 76.6. The van der Waals surface area contributed by atoms with Gasteiger partial charge in [-0.1, -0.05) is 12.1 Å². The summed E-state index contributed by atoms with van der Waals surface area (Å²) in [5, 5.41) is 1.81. The highest BCUT2D eigenvalue weighted by atomic mass is 35.5. The van der Waals surface area contributed by atoms with Crippen molar-refractivity contribution in [2.24, 2.45) is 0 Å². The quantitative estimate of drug-likeness (QED) is 0.591. The molecule has 0 spiro atoms. The molecule has 11 heteroatoms. The molecule has 0 aliphatic carbocycles. The van der Waals surface area contributed by atoms with Gasteiger partial charge in [0.2, 0.25) is 11.2 Å². The highest BCUT2D eigenvalue weighted by Gasteiger charge is 2.36. The third-order valence-corrected chi connectivity index (χ3v) is 3.75. The van der Waals surface area contributed by atoms with Crippen molar-refractivity contribution in [2.75, 3.05) is 0 Å². The van der Waals surface area contributed by atoms with Crippen LogP contribution in [0, 0.1) is 0 Å². The molecule has 0 aliphatic heterocycles. The number of amides is 1. The van der Waals surface area contributed by atoms with Gasteiger partial charge in [-0.05, 0) is 36.2 Å². The summed E-state index contributed by atoms with van der Waals surface area (Å²) in [6.45, 7) is 1.49. The van der Waals surface area contributed by atoms with Gasteiger partial charge in [0.05, 0.1) is 18.0 Å². The fraction of sp³-hybridized carbons (Fsp3) is 0.312. The molecule has 0 saturated heterocycles. The largest absolute Gasteiger partial charge is 0.433 e. The van der Waals surface area contributed by atoms with Crippen molar-refractivity contribution in [1.29, 1.82) is 0 Å². The average Bonchev–Trinajstić information content (AvgIpc) is 2.54. The van der Waals surface area contributed by atoms with E-state index in [4.69, 9.17) is 11.6 Å². The number of benzene rings is 1. The first kappa shape index (κ1) is 20.9. The Hall–Kier alpha value is -2.36. The molecule has 1 unspecified atom stereocenters. The molecular formula is C16H12ClF6N3O. The molecule has 0 saturated carbocycles. The number of nitrogens with one attached hydrogen (secondary N) is 1. The summed E-state index contributed by atoms with van der Waals surface area (Å²) >= 11 is 5.37. The van der Waals surface area contributed by atoms with Crippen molar-refractivity contribution in [2.45, 2.75) is 31.7 Å². The Morgan fingerprint density at radius 1 is 1.11 bits per heavy atom. The van der Waals surface area contributed by atoms with E-state index in [0.29, 0.717) is 5.56 Å². The molecule has 2 aromatic rings. The van der Waals surface area contributed by atoms with Crippen molar-refractivity contribution in [1.82, 2.24) is 15.3 Å². The minimum atomic E-state index is -4.82. The second-order valence-electron chi connectivity index (χ2n) is 5.60. The average molecular weight is 412 g/mol. The number of halogens is 7. The van der Waals surface area contributed by atoms with Crippen LogP contribution >= 0.6 is 11.6 Å². The first-order valence-electron chi connectivity index (χ1n) is 7.43. The maximum absolute atomic E-state index is 13.0. The number of hydrogen-bond acceptors (Lipinski definition) is 3. The number of carbonyl (C=O) groups is 1. The second kappa shape index (κ2) is 7.71. The van der Waals surface area contributed by atoms with Crippen molar-refractivity contribution in [3.8, 4) is 0 Å². The number of rotatable bonds is 4. The molecular weight excluding hydrogens is 400 g/mol. The van der Waals surface area contributed by atoms with E-state index in [9.17, 15) is 31.1 Å². The van der Waals surface area contributed by atoms with Gasteiger partial charge in [0.1, 0.15) is 0 Å². The van der Waals surface area contributed by atoms with Crippen LogP contribution in [0.5, 0.6) is 0 Å². The Kier molecular flexibility index (Phi) is 5.98. The zero-order valence-electron chi connectivity index (χ0n) is 13.6. The SMILES string of the molecule is CC(NC(=O)Cc1cnc(Cl)nc1C(F)(F)F)c1ccc(C(F)(F)F)cc1. The van der Waals surface area contributed by atoms with Crippen LogP contribution in [0.4, 0.5) is 26.3 Å². The van der Waals surface area contributed by atoms with Crippen molar-refractivity contribution >= 4 is 17.5 Å². The summed E-state index contributed by atoms with van der Waals surface area (Å²) in [5.74, 6) is -0.779. The minimum absolute atomic E-state index is 0.361. The zero-order valence-corrected chi connectivity index (χ0v) is 14.4. The number of nitrogens with zero attached hydrogens (tertiary/aromatic N) is 2. The molecule has 0 radical (unpaired) electrons. The summed E-state index contributed by atoms with van der Waals surface area (Å²) in [6, 6.07) is 3.35. The summed E-state index contributed by atoms with van der Waals surface area (Å²) in [4.78, 5) is 18.6. The maximum Gasteiger partial charge on any atom is 0.433 e. The van der Waals surface area contributed by atoms with E-state index < -0.39 is 52.8 Å². The van der Waals surface area contributed by atoms with Gasteiger partial charge in [-0.15, -0.1) is 0 Å². The van der Waals surface area contributed by atoms with Crippen LogP contribution in [0.2, 0.25) is 5.28 Å². The van der Waals surface area contributed by atoms with E-state index in [1.165, 1.54) is 19.1 Å². The molecule has 4 nitrogen and oxygen atoms in total. The van der Waals surface area contributed by atoms with Crippen LogP contribution in [0.3, 0.4) is 0 Å². The number of hydrogen-bond donors (Lipinski definition) is 1. The monoisotopic (exact) mass is 411 g/mol. The molecule has 0 aliphatic rings. The second-order valence-corrected chi connectivity index (χ2v) is 5.93. The molecule has 2 rings (SSSR count). The summed E-state index contributed by atoms with van der Waals surface area (Å²) in [5.41, 5.74) is -2.28. The number of carbonyl (C=O) groups excluding carboxylic acids is 1. The van der Waals surface area contributed by atoms with Crippen molar-refractivity contribution < 1.29 is 31.1 Å². The molecule has 27 heavy (non-hydrogen) atoms. The van der Waals surface area contributed by atoms with Gasteiger partial charge < -0.3 is 5.32 Å². The first-order chi connectivity index (χ1) is 12.4. The van der Waals surface area contributed by atoms with Crippen LogP contribution in [0.15, 0.2) is 30.5 Å². The predicted octanol–water partition coefficient (Wildman–Crippen LogP) is 4.59. The minimum Gasteiger partial charge on any atom is -0.349 e. The number of alkyl halides is 6. The number of aromatic nitrogens is 2. The topological polar surface area (TPSA) is 54.9 Å². The van der Waals surface area contributed by atoms with E-state index in [0.717, 1.165) is 18.3 Å². The zero-order chi connectivity index (χ0) is 20.4. The molecule has 1 amide bonds. The van der Waals surface area contributed by atoms with Gasteiger partial charge in [-0.2, -0.15) is 26.3 Å². The van der Waals surface area contributed by atoms with Gasteiger partial charge in [0.15, 0.2) is 5.69 Å². The van der Waals surface area contributed by atoms with E-state index in [-0.39, 0.29) is 0 Å². The smallest absolute Gasteiger partial charge is 0.349 e. The predicted molar refractivity (Wildman–Crippen MR) is 83.7 cm³/mol.